The quantitative estimate of drug-likeness (QED) is 0.0845. The standard InChI is InChI=1S/C36H50O16/c1-3-29(37)43-17-5-7-19-45-35(41)49-25-13-9-23(10-14-25)33(39)51-27-21-47-32-28(22-48-31(27)32)52-34(40)24-11-15-26(16-12-24)50-36(42)46-20-8-6-18-44-30(38)4-2/h3-4,23-28,31-32H,1-2,5-22H2/t23?,24?,25?,26?,27-,28?,31+,32+/m1/s1. The van der Waals surface area contributed by atoms with Gasteiger partial charge >= 0.3 is 36.2 Å². The van der Waals surface area contributed by atoms with Gasteiger partial charge in [0.15, 0.2) is 12.2 Å². The third-order valence-corrected chi connectivity index (χ3v) is 9.38. The number of fused-ring (bicyclic) bond motifs is 1. The molecule has 4 aliphatic rings. The van der Waals surface area contributed by atoms with E-state index in [1.807, 2.05) is 0 Å². The van der Waals surface area contributed by atoms with Gasteiger partial charge in [0.2, 0.25) is 0 Å². The van der Waals surface area contributed by atoms with Crippen molar-refractivity contribution in [2.24, 2.45) is 11.8 Å². The van der Waals surface area contributed by atoms with Crippen molar-refractivity contribution in [2.75, 3.05) is 39.6 Å². The molecule has 4 fully saturated rings. The molecule has 16 heteroatoms. The van der Waals surface area contributed by atoms with E-state index in [0.29, 0.717) is 77.0 Å². The first kappa shape index (κ1) is 40.6. The molecule has 0 aromatic rings. The summed E-state index contributed by atoms with van der Waals surface area (Å²) < 4.78 is 54.0. The minimum atomic E-state index is -0.772. The second-order valence-corrected chi connectivity index (χ2v) is 13.1. The van der Waals surface area contributed by atoms with E-state index in [1.54, 1.807) is 0 Å². The number of hydrogen-bond acceptors (Lipinski definition) is 16. The van der Waals surface area contributed by atoms with Gasteiger partial charge in [0, 0.05) is 12.2 Å². The van der Waals surface area contributed by atoms with Crippen molar-refractivity contribution < 1.29 is 76.1 Å². The molecule has 290 valence electrons. The SMILES string of the molecule is C=CC(=O)OCCCCOC(=O)OC1CCC(C(=O)OC2CO[C@H]3[C@H](OC(=O)C4CCC(OC(=O)OCCCCOC(=O)C=C)CC4)CO[C@@H]23)CC1. The van der Waals surface area contributed by atoms with Crippen molar-refractivity contribution in [1.82, 2.24) is 0 Å². The van der Waals surface area contributed by atoms with Crippen LogP contribution in [0.2, 0.25) is 0 Å². The van der Waals surface area contributed by atoms with Gasteiger partial charge in [0.05, 0.1) is 51.5 Å². The molecule has 2 aliphatic heterocycles. The molecule has 0 amide bonds. The molecule has 52 heavy (non-hydrogen) atoms. The van der Waals surface area contributed by atoms with Crippen LogP contribution in [0.15, 0.2) is 25.3 Å². The predicted molar refractivity (Wildman–Crippen MR) is 176 cm³/mol. The van der Waals surface area contributed by atoms with Crippen LogP contribution < -0.4 is 0 Å². The van der Waals surface area contributed by atoms with Gasteiger partial charge in [0.1, 0.15) is 24.4 Å². The van der Waals surface area contributed by atoms with Crippen LogP contribution in [0.4, 0.5) is 9.59 Å². The molecule has 0 N–H and O–H groups in total. The summed E-state index contributed by atoms with van der Waals surface area (Å²) in [5, 5.41) is 0. The van der Waals surface area contributed by atoms with Crippen LogP contribution in [0.3, 0.4) is 0 Å². The number of esters is 4. The van der Waals surface area contributed by atoms with E-state index in [1.165, 1.54) is 0 Å². The van der Waals surface area contributed by atoms with Gasteiger partial charge in [-0.05, 0) is 77.0 Å². The lowest BCUT2D eigenvalue weighted by Gasteiger charge is -2.28. The van der Waals surface area contributed by atoms with Crippen molar-refractivity contribution in [3.05, 3.63) is 25.3 Å². The van der Waals surface area contributed by atoms with Crippen molar-refractivity contribution in [3.8, 4) is 0 Å². The molecule has 0 spiro atoms. The van der Waals surface area contributed by atoms with E-state index in [0.717, 1.165) is 12.2 Å². The third-order valence-electron chi connectivity index (χ3n) is 9.38. The zero-order chi connectivity index (χ0) is 37.3. The Morgan fingerprint density at radius 2 is 0.846 bits per heavy atom. The molecule has 2 saturated carbocycles. The van der Waals surface area contributed by atoms with Gasteiger partial charge in [-0.1, -0.05) is 13.2 Å². The van der Waals surface area contributed by atoms with Gasteiger partial charge in [-0.15, -0.1) is 0 Å². The summed E-state index contributed by atoms with van der Waals surface area (Å²) in [5.74, 6) is -2.45. The normalized spacial score (nSPS) is 27.9. The van der Waals surface area contributed by atoms with E-state index in [2.05, 4.69) is 13.2 Å². The van der Waals surface area contributed by atoms with Crippen LogP contribution in [0.5, 0.6) is 0 Å². The lowest BCUT2D eigenvalue weighted by molar-refractivity contribution is -0.162. The Kier molecular flexibility index (Phi) is 16.7. The number of carbonyl (C=O) groups excluding carboxylic acids is 6. The molecular weight excluding hydrogens is 688 g/mol. The number of carbonyl (C=O) groups is 6. The molecule has 1 unspecified atom stereocenters. The Bertz CT molecular complexity index is 1140. The third kappa shape index (κ3) is 13.1. The molecule has 0 aromatic carbocycles. The van der Waals surface area contributed by atoms with Crippen molar-refractivity contribution in [1.29, 1.82) is 0 Å². The van der Waals surface area contributed by atoms with Gasteiger partial charge < -0.3 is 47.4 Å². The Morgan fingerprint density at radius 3 is 1.19 bits per heavy atom. The maximum absolute atomic E-state index is 13.0. The second kappa shape index (κ2) is 21.4. The molecule has 0 bridgehead atoms. The van der Waals surface area contributed by atoms with Crippen molar-refractivity contribution in [2.45, 2.75) is 114 Å². The predicted octanol–water partition coefficient (Wildman–Crippen LogP) is 4.05. The summed E-state index contributed by atoms with van der Waals surface area (Å²) in [6.45, 7) is 7.57. The van der Waals surface area contributed by atoms with Crippen LogP contribution in [0.1, 0.15) is 77.0 Å². The lowest BCUT2D eigenvalue weighted by Crippen LogP contribution is -2.38. The van der Waals surface area contributed by atoms with Crippen LogP contribution in [0.25, 0.3) is 0 Å². The zero-order valence-corrected chi connectivity index (χ0v) is 29.4. The summed E-state index contributed by atoms with van der Waals surface area (Å²) >= 11 is 0. The number of unbranched alkanes of at least 4 members (excludes halogenated alkanes) is 2. The summed E-state index contributed by atoms with van der Waals surface area (Å²) in [6, 6.07) is 0. The van der Waals surface area contributed by atoms with Crippen molar-refractivity contribution >= 4 is 36.2 Å². The number of rotatable bonds is 18. The highest BCUT2D eigenvalue weighted by atomic mass is 16.7. The minimum absolute atomic E-state index is 0.122. The first-order chi connectivity index (χ1) is 25.2. The summed E-state index contributed by atoms with van der Waals surface area (Å²) in [5.41, 5.74) is 0. The monoisotopic (exact) mass is 738 g/mol. The molecular formula is C36H50O16. The summed E-state index contributed by atoms with van der Waals surface area (Å²) in [4.78, 5) is 72.1. The zero-order valence-electron chi connectivity index (χ0n) is 29.4. The Balaban J connectivity index is 1.05. The van der Waals surface area contributed by atoms with Crippen LogP contribution in [-0.2, 0) is 66.5 Å². The molecule has 0 radical (unpaired) electrons. The average molecular weight is 739 g/mol. The fraction of sp³-hybridized carbons (Fsp3) is 0.722. The minimum Gasteiger partial charge on any atom is -0.463 e. The van der Waals surface area contributed by atoms with Gasteiger partial charge in [-0.3, -0.25) is 9.59 Å². The van der Waals surface area contributed by atoms with Crippen LogP contribution >= 0.6 is 0 Å². The highest BCUT2D eigenvalue weighted by molar-refractivity contribution is 5.81. The highest BCUT2D eigenvalue weighted by Gasteiger charge is 2.52. The molecule has 2 heterocycles. The van der Waals surface area contributed by atoms with E-state index < -0.39 is 48.7 Å². The lowest BCUT2D eigenvalue weighted by atomic mass is 9.87. The van der Waals surface area contributed by atoms with Gasteiger partial charge in [0.25, 0.3) is 0 Å². The molecule has 4 atom stereocenters. The molecule has 2 saturated heterocycles. The fourth-order valence-corrected chi connectivity index (χ4v) is 6.48. The Labute approximate surface area is 302 Å². The summed E-state index contributed by atoms with van der Waals surface area (Å²) in [7, 11) is 0. The van der Waals surface area contributed by atoms with E-state index in [9.17, 15) is 28.8 Å². The Morgan fingerprint density at radius 1 is 0.500 bits per heavy atom. The van der Waals surface area contributed by atoms with E-state index in [4.69, 9.17) is 47.4 Å². The molecule has 4 rings (SSSR count). The molecule has 0 aromatic heterocycles. The maximum atomic E-state index is 13.0. The number of ether oxygens (including phenoxy) is 10. The summed E-state index contributed by atoms with van der Waals surface area (Å²) in [6.07, 6.45) is 3.53. The van der Waals surface area contributed by atoms with E-state index >= 15 is 0 Å². The first-order valence-electron chi connectivity index (χ1n) is 18.1. The fourth-order valence-electron chi connectivity index (χ4n) is 6.48. The number of hydrogen-bond donors (Lipinski definition) is 0. The topological polar surface area (TPSA) is 195 Å². The van der Waals surface area contributed by atoms with Gasteiger partial charge in [-0.25, -0.2) is 19.2 Å². The molecule has 16 nitrogen and oxygen atoms in total. The first-order valence-corrected chi connectivity index (χ1v) is 18.1. The second-order valence-electron chi connectivity index (χ2n) is 13.1. The van der Waals surface area contributed by atoms with Crippen LogP contribution in [-0.4, -0.2) is 112 Å². The van der Waals surface area contributed by atoms with Crippen molar-refractivity contribution in [3.63, 3.8) is 0 Å². The Hall–Kier alpha value is -4.18. The largest absolute Gasteiger partial charge is 0.508 e. The average Bonchev–Trinajstić information content (AvgIpc) is 3.74. The maximum Gasteiger partial charge on any atom is 0.508 e. The van der Waals surface area contributed by atoms with Gasteiger partial charge in [-0.2, -0.15) is 0 Å². The van der Waals surface area contributed by atoms with E-state index in [-0.39, 0.29) is 75.6 Å². The highest BCUT2D eigenvalue weighted by Crippen LogP contribution is 2.35. The molecule has 2 aliphatic carbocycles. The smallest absolute Gasteiger partial charge is 0.463 e. The van der Waals surface area contributed by atoms with Crippen LogP contribution in [0, 0.1) is 11.8 Å².